The molecule has 2 heterocycles. The first-order valence-electron chi connectivity index (χ1n) is 11.5. The molecule has 1 aromatic carbocycles. The largest absolute Gasteiger partial charge is 0.444 e. The zero-order valence-corrected chi connectivity index (χ0v) is 19.2. The third-order valence-corrected chi connectivity index (χ3v) is 5.74. The number of hydrogen-bond acceptors (Lipinski definition) is 5. The Morgan fingerprint density at radius 1 is 1.20 bits per heavy atom. The number of benzene rings is 1. The Balaban J connectivity index is 1.63. The predicted octanol–water partition coefficient (Wildman–Crippen LogP) is 4.31. The molecule has 0 bridgehead atoms. The molecule has 168 valence electrons. The summed E-state index contributed by atoms with van der Waals surface area (Å²) < 4.78 is 11.8. The van der Waals surface area contributed by atoms with Crippen LogP contribution in [-0.4, -0.2) is 56.0 Å². The van der Waals surface area contributed by atoms with Gasteiger partial charge in [-0.25, -0.2) is 4.79 Å². The van der Waals surface area contributed by atoms with E-state index in [-0.39, 0.29) is 12.3 Å². The van der Waals surface area contributed by atoms with Gasteiger partial charge in [0, 0.05) is 25.3 Å². The van der Waals surface area contributed by atoms with E-state index in [1.807, 2.05) is 27.8 Å². The average Bonchev–Trinajstić information content (AvgIpc) is 2.71. The molecule has 6 nitrogen and oxygen atoms in total. The van der Waals surface area contributed by atoms with Crippen molar-refractivity contribution in [2.45, 2.75) is 77.7 Å². The van der Waals surface area contributed by atoms with Gasteiger partial charge in [-0.3, -0.25) is 4.90 Å². The fraction of sp³-hybridized carbons (Fsp3) is 0.708. The predicted molar refractivity (Wildman–Crippen MR) is 121 cm³/mol. The van der Waals surface area contributed by atoms with E-state index in [2.05, 4.69) is 28.4 Å². The molecule has 1 fully saturated rings. The topological polar surface area (TPSA) is 54.0 Å². The summed E-state index contributed by atoms with van der Waals surface area (Å²) in [7, 11) is 2.01. The van der Waals surface area contributed by atoms with Gasteiger partial charge in [0.05, 0.1) is 6.61 Å². The number of anilines is 1. The van der Waals surface area contributed by atoms with Crippen molar-refractivity contribution in [3.63, 3.8) is 0 Å². The van der Waals surface area contributed by atoms with Crippen LogP contribution in [0.25, 0.3) is 0 Å². The quantitative estimate of drug-likeness (QED) is 0.670. The Morgan fingerprint density at radius 2 is 2.03 bits per heavy atom. The van der Waals surface area contributed by atoms with E-state index in [9.17, 15) is 4.79 Å². The van der Waals surface area contributed by atoms with Crippen LogP contribution in [0.4, 0.5) is 10.5 Å². The molecule has 1 aromatic rings. The molecule has 0 spiro atoms. The smallest absolute Gasteiger partial charge is 0.412 e. The lowest BCUT2D eigenvalue weighted by Gasteiger charge is -2.36. The summed E-state index contributed by atoms with van der Waals surface area (Å²) in [6.45, 7) is 10.2. The molecule has 1 amide bonds. The monoisotopic (exact) mass is 417 g/mol. The Bertz CT molecular complexity index is 701. The van der Waals surface area contributed by atoms with Gasteiger partial charge in [-0.15, -0.1) is 0 Å². The summed E-state index contributed by atoms with van der Waals surface area (Å²) in [6.07, 6.45) is 5.96. The number of hydrogen-bond donors (Lipinski definition) is 1. The summed E-state index contributed by atoms with van der Waals surface area (Å²) in [5.41, 5.74) is 3.46. The number of carbonyl (C=O) groups excluding carboxylic acids is 1. The summed E-state index contributed by atoms with van der Waals surface area (Å²) in [5.74, 6) is 0. The van der Waals surface area contributed by atoms with Crippen molar-refractivity contribution in [3.8, 4) is 0 Å². The van der Waals surface area contributed by atoms with E-state index in [0.717, 1.165) is 51.7 Å². The molecule has 2 aliphatic rings. The zero-order chi connectivity index (χ0) is 21.6. The molecule has 0 radical (unpaired) electrons. The van der Waals surface area contributed by atoms with Crippen LogP contribution in [0.1, 0.15) is 64.0 Å². The maximum Gasteiger partial charge on any atom is 0.412 e. The van der Waals surface area contributed by atoms with E-state index in [1.165, 1.54) is 23.2 Å². The van der Waals surface area contributed by atoms with Crippen LogP contribution < -0.4 is 10.2 Å². The number of nitrogens with zero attached hydrogens (tertiary/aromatic N) is 2. The normalized spacial score (nSPS) is 19.5. The lowest BCUT2D eigenvalue weighted by Crippen LogP contribution is -2.47. The zero-order valence-electron chi connectivity index (χ0n) is 19.2. The first-order chi connectivity index (χ1) is 14.4. The Labute approximate surface area is 181 Å². The van der Waals surface area contributed by atoms with Gasteiger partial charge in [0.25, 0.3) is 0 Å². The van der Waals surface area contributed by atoms with Crippen molar-refractivity contribution < 1.29 is 14.3 Å². The highest BCUT2D eigenvalue weighted by Gasteiger charge is 2.31. The van der Waals surface area contributed by atoms with Crippen LogP contribution in [0, 0.1) is 0 Å². The van der Waals surface area contributed by atoms with Gasteiger partial charge in [0.15, 0.2) is 0 Å². The van der Waals surface area contributed by atoms with Crippen molar-refractivity contribution >= 4 is 11.8 Å². The minimum atomic E-state index is -0.492. The van der Waals surface area contributed by atoms with Crippen molar-refractivity contribution in [1.82, 2.24) is 10.2 Å². The highest BCUT2D eigenvalue weighted by molar-refractivity contribution is 5.68. The molecular formula is C24H39N3O3. The van der Waals surface area contributed by atoms with Crippen LogP contribution in [0.3, 0.4) is 0 Å². The Kier molecular flexibility index (Phi) is 8.00. The van der Waals surface area contributed by atoms with Crippen molar-refractivity contribution in [3.05, 3.63) is 29.3 Å². The maximum absolute atomic E-state index is 12.6. The van der Waals surface area contributed by atoms with Crippen LogP contribution >= 0.6 is 0 Å². The fourth-order valence-corrected chi connectivity index (χ4v) is 4.26. The maximum atomic E-state index is 12.6. The molecule has 1 atom stereocenters. The highest BCUT2D eigenvalue weighted by Crippen LogP contribution is 2.29. The van der Waals surface area contributed by atoms with Crippen molar-refractivity contribution in [2.75, 3.05) is 38.1 Å². The minimum Gasteiger partial charge on any atom is -0.444 e. The number of nitrogens with one attached hydrogen (secondary N) is 1. The fourth-order valence-electron chi connectivity index (χ4n) is 4.26. The van der Waals surface area contributed by atoms with E-state index in [1.54, 1.807) is 4.90 Å². The lowest BCUT2D eigenvalue weighted by molar-refractivity contribution is -0.0897. The van der Waals surface area contributed by atoms with Crippen LogP contribution in [0.2, 0.25) is 0 Å². The number of fused-ring (bicyclic) bond motifs is 1. The van der Waals surface area contributed by atoms with Gasteiger partial charge in [-0.2, -0.15) is 0 Å². The third kappa shape index (κ3) is 6.35. The number of amides is 1. The van der Waals surface area contributed by atoms with Gasteiger partial charge in [0.1, 0.15) is 11.8 Å². The van der Waals surface area contributed by atoms with Crippen molar-refractivity contribution in [2.24, 2.45) is 0 Å². The number of ether oxygens (including phenoxy) is 2. The lowest BCUT2D eigenvalue weighted by atomic mass is 9.99. The molecule has 1 unspecified atom stereocenters. The average molecular weight is 418 g/mol. The van der Waals surface area contributed by atoms with Gasteiger partial charge in [-0.05, 0) is 90.1 Å². The SMILES string of the molecule is CNCCCN1CCCc2ccc(COC3CCCCN3C(=O)OC(C)(C)C)cc21. The van der Waals surface area contributed by atoms with Gasteiger partial charge < -0.3 is 19.7 Å². The first kappa shape index (κ1) is 22.9. The van der Waals surface area contributed by atoms with Crippen LogP contribution in [-0.2, 0) is 22.5 Å². The van der Waals surface area contributed by atoms with E-state index < -0.39 is 5.60 Å². The Hall–Kier alpha value is -1.79. The number of piperidine rings is 1. The first-order valence-corrected chi connectivity index (χ1v) is 11.5. The molecule has 3 rings (SSSR count). The molecule has 1 saturated heterocycles. The summed E-state index contributed by atoms with van der Waals surface area (Å²) in [5, 5.41) is 3.24. The second-order valence-electron chi connectivity index (χ2n) is 9.45. The number of likely N-dealkylation sites (tertiary alicyclic amines) is 1. The summed E-state index contributed by atoms with van der Waals surface area (Å²) in [4.78, 5) is 16.9. The van der Waals surface area contributed by atoms with E-state index in [4.69, 9.17) is 9.47 Å². The van der Waals surface area contributed by atoms with Crippen LogP contribution in [0.5, 0.6) is 0 Å². The second-order valence-corrected chi connectivity index (χ2v) is 9.45. The van der Waals surface area contributed by atoms with E-state index in [0.29, 0.717) is 13.2 Å². The Morgan fingerprint density at radius 3 is 2.80 bits per heavy atom. The molecule has 30 heavy (non-hydrogen) atoms. The molecule has 0 aromatic heterocycles. The minimum absolute atomic E-state index is 0.212. The summed E-state index contributed by atoms with van der Waals surface area (Å²) in [6, 6.07) is 6.72. The van der Waals surface area contributed by atoms with Crippen LogP contribution in [0.15, 0.2) is 18.2 Å². The standard InChI is InChI=1S/C24H39N3O3/c1-24(2,3)30-23(28)27-16-6-5-10-22(27)29-18-19-11-12-20-9-7-14-26(21(20)17-19)15-8-13-25-4/h11-12,17,22,25H,5-10,13-16,18H2,1-4H3. The van der Waals surface area contributed by atoms with Gasteiger partial charge in [-0.1, -0.05) is 12.1 Å². The molecule has 2 aliphatic heterocycles. The molecule has 0 saturated carbocycles. The molecule has 1 N–H and O–H groups in total. The number of aryl methyl sites for hydroxylation is 1. The van der Waals surface area contributed by atoms with E-state index >= 15 is 0 Å². The molecule has 0 aliphatic carbocycles. The third-order valence-electron chi connectivity index (χ3n) is 5.74. The molecule has 6 heteroatoms. The second kappa shape index (κ2) is 10.5. The summed E-state index contributed by atoms with van der Waals surface area (Å²) >= 11 is 0. The van der Waals surface area contributed by atoms with Gasteiger partial charge >= 0.3 is 6.09 Å². The number of rotatable bonds is 7. The van der Waals surface area contributed by atoms with Crippen molar-refractivity contribution in [1.29, 1.82) is 0 Å². The number of carbonyl (C=O) groups is 1. The van der Waals surface area contributed by atoms with Gasteiger partial charge in [0.2, 0.25) is 0 Å². The molecular weight excluding hydrogens is 378 g/mol. The highest BCUT2D eigenvalue weighted by atomic mass is 16.6.